The molecule has 0 amide bonds. The zero-order chi connectivity index (χ0) is 33.7. The molecule has 1 spiro atoms. The molecule has 1 unspecified atom stereocenters. The van der Waals surface area contributed by atoms with Gasteiger partial charge in [0.1, 0.15) is 0 Å². The SMILES string of the molecule is CC1C=CC2=C(C1)C1(c3cc(N(c4ccccc4)c4cccc5c6ccccc6c6ccccc6c45)ccc32)c2ccccc2-c2ccccc21. The molecular formula is C50H35N. The van der Waals surface area contributed by atoms with Gasteiger partial charge in [0, 0.05) is 16.8 Å². The first-order valence-electron chi connectivity index (χ1n) is 18.2. The monoisotopic (exact) mass is 649 g/mol. The molecule has 0 N–H and O–H groups in total. The molecule has 0 radical (unpaired) electrons. The third-order valence-electron chi connectivity index (χ3n) is 11.8. The van der Waals surface area contributed by atoms with Crippen LogP contribution in [0.2, 0.25) is 0 Å². The predicted octanol–water partition coefficient (Wildman–Crippen LogP) is 13.3. The summed E-state index contributed by atoms with van der Waals surface area (Å²) in [5, 5.41) is 7.68. The number of hydrogen-bond donors (Lipinski definition) is 0. The Labute approximate surface area is 298 Å². The summed E-state index contributed by atoms with van der Waals surface area (Å²) < 4.78 is 0. The fourth-order valence-electron chi connectivity index (χ4n) is 9.82. The van der Waals surface area contributed by atoms with Crippen molar-refractivity contribution in [2.24, 2.45) is 5.92 Å². The van der Waals surface area contributed by atoms with Crippen LogP contribution in [0.3, 0.4) is 0 Å². The lowest BCUT2D eigenvalue weighted by atomic mass is 9.67. The van der Waals surface area contributed by atoms with Crippen LogP contribution in [0, 0.1) is 5.92 Å². The third-order valence-corrected chi connectivity index (χ3v) is 11.8. The Kier molecular flexibility index (Phi) is 5.99. The highest BCUT2D eigenvalue weighted by Gasteiger charge is 2.53. The second-order valence-corrected chi connectivity index (χ2v) is 14.5. The minimum absolute atomic E-state index is 0.336. The van der Waals surface area contributed by atoms with Crippen molar-refractivity contribution in [3.63, 3.8) is 0 Å². The van der Waals surface area contributed by atoms with Gasteiger partial charge in [-0.25, -0.2) is 0 Å². The summed E-state index contributed by atoms with van der Waals surface area (Å²) in [4.78, 5) is 2.50. The molecular weight excluding hydrogens is 615 g/mol. The van der Waals surface area contributed by atoms with Crippen molar-refractivity contribution in [1.82, 2.24) is 0 Å². The van der Waals surface area contributed by atoms with Crippen LogP contribution in [-0.2, 0) is 5.41 Å². The Morgan fingerprint density at radius 3 is 1.75 bits per heavy atom. The first-order chi connectivity index (χ1) is 25.2. The molecule has 240 valence electrons. The summed E-state index contributed by atoms with van der Waals surface area (Å²) in [6.45, 7) is 2.36. The van der Waals surface area contributed by atoms with Gasteiger partial charge in [0.15, 0.2) is 0 Å². The van der Waals surface area contributed by atoms with Crippen LogP contribution in [0.4, 0.5) is 17.1 Å². The van der Waals surface area contributed by atoms with E-state index in [1.165, 1.54) is 88.2 Å². The Balaban J connectivity index is 1.24. The Morgan fingerprint density at radius 2 is 1.06 bits per heavy atom. The van der Waals surface area contributed by atoms with E-state index in [2.05, 4.69) is 188 Å². The largest absolute Gasteiger partial charge is 0.310 e. The lowest BCUT2D eigenvalue weighted by Gasteiger charge is -2.35. The van der Waals surface area contributed by atoms with Crippen molar-refractivity contribution >= 4 is 55.0 Å². The number of fused-ring (bicyclic) bond motifs is 15. The van der Waals surface area contributed by atoms with Crippen LogP contribution in [0.15, 0.2) is 182 Å². The molecule has 8 aromatic carbocycles. The molecule has 0 saturated carbocycles. The molecule has 0 bridgehead atoms. The fourth-order valence-corrected chi connectivity index (χ4v) is 9.82. The van der Waals surface area contributed by atoms with Crippen molar-refractivity contribution in [1.29, 1.82) is 0 Å². The third kappa shape index (κ3) is 3.81. The number of para-hydroxylation sites is 1. The molecule has 11 rings (SSSR count). The molecule has 51 heavy (non-hydrogen) atoms. The normalized spacial score (nSPS) is 16.5. The van der Waals surface area contributed by atoms with Crippen LogP contribution in [0.5, 0.6) is 0 Å². The van der Waals surface area contributed by atoms with Gasteiger partial charge in [-0.2, -0.15) is 0 Å². The molecule has 0 aromatic heterocycles. The zero-order valence-corrected chi connectivity index (χ0v) is 28.5. The molecule has 3 aliphatic carbocycles. The van der Waals surface area contributed by atoms with Crippen molar-refractivity contribution in [3.8, 4) is 11.1 Å². The Morgan fingerprint density at radius 1 is 0.490 bits per heavy atom. The molecule has 0 heterocycles. The van der Waals surface area contributed by atoms with Crippen LogP contribution in [-0.4, -0.2) is 0 Å². The van der Waals surface area contributed by atoms with Crippen molar-refractivity contribution in [2.45, 2.75) is 18.8 Å². The van der Waals surface area contributed by atoms with Gasteiger partial charge in [-0.3, -0.25) is 0 Å². The number of nitrogens with zero attached hydrogens (tertiary/aromatic N) is 1. The molecule has 3 aliphatic rings. The summed E-state index contributed by atoms with van der Waals surface area (Å²) in [7, 11) is 0. The average molecular weight is 650 g/mol. The highest BCUT2D eigenvalue weighted by Crippen LogP contribution is 2.64. The lowest BCUT2D eigenvalue weighted by Crippen LogP contribution is -2.29. The van der Waals surface area contributed by atoms with Crippen molar-refractivity contribution < 1.29 is 0 Å². The maximum atomic E-state index is 2.53. The highest BCUT2D eigenvalue weighted by molar-refractivity contribution is 6.28. The molecule has 0 fully saturated rings. The smallest absolute Gasteiger partial charge is 0.0689 e. The van der Waals surface area contributed by atoms with E-state index in [0.717, 1.165) is 12.1 Å². The van der Waals surface area contributed by atoms with E-state index in [0.29, 0.717) is 5.92 Å². The van der Waals surface area contributed by atoms with Crippen LogP contribution >= 0.6 is 0 Å². The molecule has 0 saturated heterocycles. The number of allylic oxidation sites excluding steroid dienone is 4. The summed E-state index contributed by atoms with van der Waals surface area (Å²) in [5.41, 5.74) is 14.4. The maximum Gasteiger partial charge on any atom is 0.0689 e. The minimum atomic E-state index is -0.336. The van der Waals surface area contributed by atoms with E-state index in [4.69, 9.17) is 0 Å². The quantitative estimate of drug-likeness (QED) is 0.172. The van der Waals surface area contributed by atoms with Crippen molar-refractivity contribution in [3.05, 3.63) is 204 Å². The van der Waals surface area contributed by atoms with E-state index in [9.17, 15) is 0 Å². The van der Waals surface area contributed by atoms with E-state index < -0.39 is 0 Å². The fraction of sp³-hybridized carbons (Fsp3) is 0.0800. The predicted molar refractivity (Wildman–Crippen MR) is 215 cm³/mol. The van der Waals surface area contributed by atoms with Crippen LogP contribution in [0.25, 0.3) is 49.0 Å². The summed E-state index contributed by atoms with van der Waals surface area (Å²) in [6, 6.07) is 61.2. The summed E-state index contributed by atoms with van der Waals surface area (Å²) in [6.07, 6.45) is 5.87. The van der Waals surface area contributed by atoms with Crippen LogP contribution < -0.4 is 4.90 Å². The Bertz CT molecular complexity index is 2710. The number of anilines is 3. The van der Waals surface area contributed by atoms with Gasteiger partial charge in [0.05, 0.1) is 11.1 Å². The van der Waals surface area contributed by atoms with Gasteiger partial charge in [-0.05, 0) is 114 Å². The topological polar surface area (TPSA) is 3.24 Å². The number of benzene rings is 8. The molecule has 0 aliphatic heterocycles. The maximum absolute atomic E-state index is 2.53. The highest BCUT2D eigenvalue weighted by atomic mass is 15.1. The average Bonchev–Trinajstić information content (AvgIpc) is 3.65. The van der Waals surface area contributed by atoms with Gasteiger partial charge in [-0.1, -0.05) is 153 Å². The number of hydrogen-bond acceptors (Lipinski definition) is 1. The van der Waals surface area contributed by atoms with Gasteiger partial charge in [0.25, 0.3) is 0 Å². The second-order valence-electron chi connectivity index (χ2n) is 14.5. The van der Waals surface area contributed by atoms with Crippen LogP contribution in [0.1, 0.15) is 35.6 Å². The van der Waals surface area contributed by atoms with Crippen molar-refractivity contribution in [2.75, 3.05) is 4.90 Å². The first kappa shape index (κ1) is 28.6. The zero-order valence-electron chi connectivity index (χ0n) is 28.5. The Hall–Kier alpha value is -6.18. The lowest BCUT2D eigenvalue weighted by molar-refractivity contribution is 0.630. The number of rotatable bonds is 3. The van der Waals surface area contributed by atoms with Gasteiger partial charge >= 0.3 is 0 Å². The van der Waals surface area contributed by atoms with Gasteiger partial charge in [-0.15, -0.1) is 0 Å². The second kappa shape index (κ2) is 10.7. The first-order valence-corrected chi connectivity index (χ1v) is 18.2. The van der Waals surface area contributed by atoms with E-state index in [1.54, 1.807) is 0 Å². The van der Waals surface area contributed by atoms with Gasteiger partial charge < -0.3 is 4.90 Å². The molecule has 1 heteroatoms. The van der Waals surface area contributed by atoms with E-state index >= 15 is 0 Å². The summed E-state index contributed by atoms with van der Waals surface area (Å²) in [5.74, 6) is 0.480. The van der Waals surface area contributed by atoms with Gasteiger partial charge in [0.2, 0.25) is 0 Å². The molecule has 8 aromatic rings. The van der Waals surface area contributed by atoms with E-state index in [-0.39, 0.29) is 5.41 Å². The minimum Gasteiger partial charge on any atom is -0.310 e. The standard InChI is InChI=1S/C50H35N/c1-32-26-28-40-41-29-27-34(31-47(41)50(46(40)30-32)44-23-11-9-19-38(44)39-20-10-12-24-45(39)50)51(33-14-3-2-4-15-33)48-25-13-22-43-37-17-6-5-16-35(37)36-18-7-8-21-42(36)49(43)48/h2-29,31-32H,30H2,1H3. The molecule has 1 nitrogen and oxygen atoms in total. The van der Waals surface area contributed by atoms with E-state index in [1.807, 2.05) is 0 Å². The summed E-state index contributed by atoms with van der Waals surface area (Å²) >= 11 is 0. The molecule has 1 atom stereocenters.